The fourth-order valence-electron chi connectivity index (χ4n) is 1.85. The van der Waals surface area contributed by atoms with Crippen molar-refractivity contribution in [3.05, 3.63) is 69.9 Å². The van der Waals surface area contributed by atoms with Gasteiger partial charge in [-0.15, -0.1) is 0 Å². The molecule has 1 nitrogen and oxygen atoms in total. The van der Waals surface area contributed by atoms with Crippen LogP contribution < -0.4 is 0 Å². The maximum Gasteiger partial charge on any atom is 0.126 e. The van der Waals surface area contributed by atoms with Gasteiger partial charge in [0.25, 0.3) is 0 Å². The van der Waals surface area contributed by atoms with Gasteiger partial charge in [-0.05, 0) is 35.7 Å². The highest BCUT2D eigenvalue weighted by Gasteiger charge is 2.13. The molecular formula is C15H11BrFN. The van der Waals surface area contributed by atoms with Crippen LogP contribution in [0.15, 0.2) is 53.0 Å². The zero-order valence-corrected chi connectivity index (χ0v) is 11.2. The van der Waals surface area contributed by atoms with Gasteiger partial charge < -0.3 is 0 Å². The quantitative estimate of drug-likeness (QED) is 0.822. The van der Waals surface area contributed by atoms with Gasteiger partial charge in [0.1, 0.15) is 5.82 Å². The predicted molar refractivity (Wildman–Crippen MR) is 72.6 cm³/mol. The van der Waals surface area contributed by atoms with Gasteiger partial charge in [-0.3, -0.25) is 0 Å². The third kappa shape index (κ3) is 2.96. The predicted octanol–water partition coefficient (Wildman–Crippen LogP) is 4.44. The van der Waals surface area contributed by atoms with E-state index in [1.54, 1.807) is 18.2 Å². The molecule has 0 heterocycles. The van der Waals surface area contributed by atoms with Gasteiger partial charge in [0.15, 0.2) is 0 Å². The van der Waals surface area contributed by atoms with E-state index in [1.165, 1.54) is 6.07 Å². The molecule has 3 heteroatoms. The van der Waals surface area contributed by atoms with Crippen LogP contribution in [-0.4, -0.2) is 0 Å². The summed E-state index contributed by atoms with van der Waals surface area (Å²) in [6.45, 7) is 0. The molecule has 2 aromatic rings. The lowest BCUT2D eigenvalue weighted by atomic mass is 9.93. The zero-order chi connectivity index (χ0) is 13.0. The molecule has 1 unspecified atom stereocenters. The number of nitriles is 1. The maximum absolute atomic E-state index is 13.6. The number of hydrogen-bond donors (Lipinski definition) is 0. The molecule has 2 aromatic carbocycles. The summed E-state index contributed by atoms with van der Waals surface area (Å²) in [7, 11) is 0. The lowest BCUT2D eigenvalue weighted by molar-refractivity contribution is 0.604. The topological polar surface area (TPSA) is 23.8 Å². The molecule has 90 valence electrons. The Hall–Kier alpha value is -1.66. The first-order valence-electron chi connectivity index (χ1n) is 5.59. The summed E-state index contributed by atoms with van der Waals surface area (Å²) >= 11 is 3.38. The molecule has 0 spiro atoms. The van der Waals surface area contributed by atoms with E-state index >= 15 is 0 Å². The maximum atomic E-state index is 13.6. The summed E-state index contributed by atoms with van der Waals surface area (Å²) in [6, 6.07) is 16.4. The Balaban J connectivity index is 2.26. The zero-order valence-electron chi connectivity index (χ0n) is 9.61. The van der Waals surface area contributed by atoms with Crippen LogP contribution in [0.2, 0.25) is 0 Å². The van der Waals surface area contributed by atoms with Gasteiger partial charge in [-0.25, -0.2) is 4.39 Å². The van der Waals surface area contributed by atoms with Crippen molar-refractivity contribution in [1.82, 2.24) is 0 Å². The molecule has 0 amide bonds. The third-order valence-corrected chi connectivity index (χ3v) is 3.28. The van der Waals surface area contributed by atoms with E-state index < -0.39 is 0 Å². The van der Waals surface area contributed by atoms with Crippen molar-refractivity contribution in [2.24, 2.45) is 0 Å². The molecule has 0 aliphatic heterocycles. The van der Waals surface area contributed by atoms with Crippen LogP contribution in [0.3, 0.4) is 0 Å². The SMILES string of the molecule is N#CC(Cc1ccccc1F)c1cccc(Br)c1. The molecule has 1 atom stereocenters. The van der Waals surface area contributed by atoms with E-state index in [2.05, 4.69) is 22.0 Å². The van der Waals surface area contributed by atoms with E-state index in [0.717, 1.165) is 10.0 Å². The first-order chi connectivity index (χ1) is 8.70. The Morgan fingerprint density at radius 3 is 2.61 bits per heavy atom. The van der Waals surface area contributed by atoms with E-state index in [4.69, 9.17) is 0 Å². The second kappa shape index (κ2) is 5.79. The average Bonchev–Trinajstić information content (AvgIpc) is 2.38. The van der Waals surface area contributed by atoms with Crippen LogP contribution in [0.4, 0.5) is 4.39 Å². The molecule has 0 radical (unpaired) electrons. The van der Waals surface area contributed by atoms with Crippen LogP contribution in [-0.2, 0) is 6.42 Å². The Labute approximate surface area is 114 Å². The summed E-state index contributed by atoms with van der Waals surface area (Å²) in [6.07, 6.45) is 0.389. The van der Waals surface area contributed by atoms with E-state index in [1.807, 2.05) is 24.3 Å². The summed E-state index contributed by atoms with van der Waals surface area (Å²) < 4.78 is 14.5. The van der Waals surface area contributed by atoms with Crippen molar-refractivity contribution in [1.29, 1.82) is 5.26 Å². The van der Waals surface area contributed by atoms with Crippen molar-refractivity contribution in [2.45, 2.75) is 12.3 Å². The Morgan fingerprint density at radius 2 is 1.94 bits per heavy atom. The monoisotopic (exact) mass is 303 g/mol. The molecule has 0 aliphatic carbocycles. The van der Waals surface area contributed by atoms with Crippen molar-refractivity contribution in [3.8, 4) is 6.07 Å². The summed E-state index contributed by atoms with van der Waals surface area (Å²) in [5.41, 5.74) is 1.47. The van der Waals surface area contributed by atoms with Crippen LogP contribution in [0.25, 0.3) is 0 Å². The van der Waals surface area contributed by atoms with Crippen LogP contribution in [0.1, 0.15) is 17.0 Å². The molecular weight excluding hydrogens is 293 g/mol. The van der Waals surface area contributed by atoms with Crippen molar-refractivity contribution >= 4 is 15.9 Å². The lowest BCUT2D eigenvalue weighted by Crippen LogP contribution is -2.02. The summed E-state index contributed by atoms with van der Waals surface area (Å²) in [5.74, 6) is -0.591. The second-order valence-corrected chi connectivity index (χ2v) is 4.95. The van der Waals surface area contributed by atoms with Gasteiger partial charge in [0.05, 0.1) is 12.0 Å². The number of hydrogen-bond acceptors (Lipinski definition) is 1. The Bertz CT molecular complexity index is 589. The third-order valence-electron chi connectivity index (χ3n) is 2.79. The fourth-order valence-corrected chi connectivity index (χ4v) is 2.26. The molecule has 0 saturated carbocycles. The largest absolute Gasteiger partial charge is 0.207 e. The van der Waals surface area contributed by atoms with E-state index in [0.29, 0.717) is 12.0 Å². The molecule has 0 saturated heterocycles. The molecule has 2 rings (SSSR count). The molecule has 0 bridgehead atoms. The Morgan fingerprint density at radius 1 is 1.17 bits per heavy atom. The van der Waals surface area contributed by atoms with Gasteiger partial charge in [0.2, 0.25) is 0 Å². The highest BCUT2D eigenvalue weighted by Crippen LogP contribution is 2.24. The number of rotatable bonds is 3. The number of nitrogens with zero attached hydrogens (tertiary/aromatic N) is 1. The summed E-state index contributed by atoms with van der Waals surface area (Å²) in [4.78, 5) is 0. The number of benzene rings is 2. The molecule has 0 N–H and O–H groups in total. The van der Waals surface area contributed by atoms with Crippen molar-refractivity contribution in [3.63, 3.8) is 0 Å². The standard InChI is InChI=1S/C15H11BrFN/c16-14-6-3-5-11(9-14)13(10-18)8-12-4-1-2-7-15(12)17/h1-7,9,13H,8H2. The van der Waals surface area contributed by atoms with E-state index in [-0.39, 0.29) is 11.7 Å². The lowest BCUT2D eigenvalue weighted by Gasteiger charge is -2.10. The average molecular weight is 304 g/mol. The number of halogens is 2. The van der Waals surface area contributed by atoms with Crippen LogP contribution in [0.5, 0.6) is 0 Å². The molecule has 18 heavy (non-hydrogen) atoms. The highest BCUT2D eigenvalue weighted by atomic mass is 79.9. The normalized spacial score (nSPS) is 11.8. The van der Waals surface area contributed by atoms with Gasteiger partial charge >= 0.3 is 0 Å². The molecule has 0 aliphatic rings. The van der Waals surface area contributed by atoms with E-state index in [9.17, 15) is 9.65 Å². The Kier molecular flexibility index (Phi) is 4.11. The highest BCUT2D eigenvalue weighted by molar-refractivity contribution is 9.10. The fraction of sp³-hybridized carbons (Fsp3) is 0.133. The minimum atomic E-state index is -0.334. The van der Waals surface area contributed by atoms with Crippen molar-refractivity contribution in [2.75, 3.05) is 0 Å². The van der Waals surface area contributed by atoms with Gasteiger partial charge in [-0.2, -0.15) is 5.26 Å². The van der Waals surface area contributed by atoms with Crippen LogP contribution in [0, 0.1) is 17.1 Å². The first-order valence-corrected chi connectivity index (χ1v) is 6.38. The smallest absolute Gasteiger partial charge is 0.126 e. The van der Waals surface area contributed by atoms with Gasteiger partial charge in [0, 0.05) is 4.47 Å². The second-order valence-electron chi connectivity index (χ2n) is 4.03. The summed E-state index contributed by atoms with van der Waals surface area (Å²) in [5, 5.41) is 9.23. The van der Waals surface area contributed by atoms with Crippen LogP contribution >= 0.6 is 15.9 Å². The first kappa shape index (κ1) is 12.8. The molecule has 0 fully saturated rings. The van der Waals surface area contributed by atoms with Gasteiger partial charge in [-0.1, -0.05) is 46.3 Å². The molecule has 0 aromatic heterocycles. The van der Waals surface area contributed by atoms with Crippen molar-refractivity contribution < 1.29 is 4.39 Å². The minimum absolute atomic E-state index is 0.257. The minimum Gasteiger partial charge on any atom is -0.207 e.